The highest BCUT2D eigenvalue weighted by atomic mass is 16.8. The molecule has 2 rings (SSSR count). The van der Waals surface area contributed by atoms with Gasteiger partial charge in [-0.1, -0.05) is 6.08 Å². The van der Waals surface area contributed by atoms with Gasteiger partial charge < -0.3 is 24.1 Å². The molecule has 0 aromatic heterocycles. The van der Waals surface area contributed by atoms with Crippen LogP contribution in [0.2, 0.25) is 0 Å². The summed E-state index contributed by atoms with van der Waals surface area (Å²) in [5, 5.41) is 21.8. The lowest BCUT2D eigenvalue weighted by Crippen LogP contribution is -2.69. The lowest BCUT2D eigenvalue weighted by molar-refractivity contribution is -0.430. The van der Waals surface area contributed by atoms with Gasteiger partial charge in [0.15, 0.2) is 0 Å². The molecule has 1 aromatic rings. The van der Waals surface area contributed by atoms with E-state index in [1.165, 1.54) is 58.4 Å². The first-order valence-corrected chi connectivity index (χ1v) is 8.16. The van der Waals surface area contributed by atoms with Gasteiger partial charge in [0.05, 0.1) is 4.92 Å². The second-order valence-electron chi connectivity index (χ2n) is 6.42. The highest BCUT2D eigenvalue weighted by molar-refractivity contribution is 5.82. The fraction of sp³-hybridized carbons (Fsp3) is 0.500. The van der Waals surface area contributed by atoms with Crippen molar-refractivity contribution < 1.29 is 33.8 Å². The number of methoxy groups -OCH3 is 2. The summed E-state index contributed by atoms with van der Waals surface area (Å²) in [4.78, 5) is 23.1. The van der Waals surface area contributed by atoms with Crippen LogP contribution in [0, 0.1) is 10.1 Å². The highest BCUT2D eigenvalue weighted by Gasteiger charge is 2.65. The molecule has 1 saturated heterocycles. The van der Waals surface area contributed by atoms with E-state index in [9.17, 15) is 20.0 Å². The number of nitro groups is 1. The molecule has 0 spiro atoms. The van der Waals surface area contributed by atoms with E-state index in [-0.39, 0.29) is 17.7 Å². The lowest BCUT2D eigenvalue weighted by atomic mass is 9.85. The van der Waals surface area contributed by atoms with Crippen molar-refractivity contribution in [2.75, 3.05) is 14.2 Å². The van der Waals surface area contributed by atoms with Crippen LogP contribution < -0.4 is 0 Å². The van der Waals surface area contributed by atoms with Crippen molar-refractivity contribution >= 4 is 11.7 Å². The van der Waals surface area contributed by atoms with Gasteiger partial charge in [0.1, 0.15) is 6.10 Å². The molecule has 1 aliphatic heterocycles. The van der Waals surface area contributed by atoms with Gasteiger partial charge in [-0.15, -0.1) is 6.58 Å². The summed E-state index contributed by atoms with van der Waals surface area (Å²) in [7, 11) is 2.69. The van der Waals surface area contributed by atoms with Crippen molar-refractivity contribution in [3.8, 4) is 0 Å². The van der Waals surface area contributed by atoms with Gasteiger partial charge in [0.25, 0.3) is 11.5 Å². The maximum Gasteiger partial charge on any atom is 0.344 e. The Labute approximate surface area is 156 Å². The van der Waals surface area contributed by atoms with Crippen LogP contribution in [-0.4, -0.2) is 47.4 Å². The van der Waals surface area contributed by atoms with Gasteiger partial charge in [0, 0.05) is 39.7 Å². The smallest absolute Gasteiger partial charge is 0.344 e. The molecule has 1 N–H and O–H groups in total. The Morgan fingerprint density at radius 3 is 2.26 bits per heavy atom. The van der Waals surface area contributed by atoms with E-state index in [2.05, 4.69) is 6.58 Å². The molecule has 0 aliphatic carbocycles. The van der Waals surface area contributed by atoms with Crippen LogP contribution in [0.5, 0.6) is 0 Å². The zero-order chi connectivity index (χ0) is 20.5. The fourth-order valence-corrected chi connectivity index (χ4v) is 2.96. The van der Waals surface area contributed by atoms with Crippen LogP contribution in [0.25, 0.3) is 0 Å². The predicted molar refractivity (Wildman–Crippen MR) is 93.6 cm³/mol. The minimum atomic E-state index is -1.87. The predicted octanol–water partition coefficient (Wildman–Crippen LogP) is 2.24. The maximum atomic E-state index is 12.9. The number of cyclic esters (lactones) is 1. The molecule has 1 fully saturated rings. The topological polar surface area (TPSA) is 117 Å². The van der Waals surface area contributed by atoms with Crippen molar-refractivity contribution in [2.24, 2.45) is 0 Å². The lowest BCUT2D eigenvalue weighted by Gasteiger charge is -2.53. The van der Waals surface area contributed by atoms with Crippen molar-refractivity contribution in [3.05, 3.63) is 52.6 Å². The summed E-state index contributed by atoms with van der Waals surface area (Å²) >= 11 is 0. The first kappa shape index (κ1) is 21.0. The number of rotatable bonds is 7. The number of aliphatic hydroxyl groups is 1. The molecule has 9 nitrogen and oxygen atoms in total. The van der Waals surface area contributed by atoms with Gasteiger partial charge in [-0.3, -0.25) is 10.1 Å². The first-order valence-electron chi connectivity index (χ1n) is 8.16. The Bertz CT molecular complexity index is 735. The van der Waals surface area contributed by atoms with Gasteiger partial charge in [-0.25, -0.2) is 4.79 Å². The Morgan fingerprint density at radius 1 is 1.26 bits per heavy atom. The molecule has 1 aliphatic rings. The fourth-order valence-electron chi connectivity index (χ4n) is 2.96. The summed E-state index contributed by atoms with van der Waals surface area (Å²) in [5.41, 5.74) is -1.79. The Balaban J connectivity index is 2.51. The minimum absolute atomic E-state index is 0.0945. The molecule has 0 amide bonds. The highest BCUT2D eigenvalue weighted by Crippen LogP contribution is 2.47. The average molecular weight is 381 g/mol. The third-order valence-corrected chi connectivity index (χ3v) is 4.92. The van der Waals surface area contributed by atoms with Crippen LogP contribution in [0.4, 0.5) is 5.69 Å². The number of nitro benzene ring substituents is 1. The molecule has 0 bridgehead atoms. The molecule has 0 radical (unpaired) electrons. The summed E-state index contributed by atoms with van der Waals surface area (Å²) in [6, 6.07) is 5.14. The SMILES string of the molecule is C=CC[C@@]1([C@@H](O)c2ccc([N+](=O)[O-])cc2)O[C@@](C)(OC)[C@](C)(OC)OC1=O. The van der Waals surface area contributed by atoms with E-state index in [4.69, 9.17) is 18.9 Å². The number of non-ortho nitro benzene ring substituents is 1. The molecular formula is C18H23NO8. The molecule has 9 heteroatoms. The van der Waals surface area contributed by atoms with Crippen molar-refractivity contribution in [3.63, 3.8) is 0 Å². The third kappa shape index (κ3) is 3.34. The van der Waals surface area contributed by atoms with Gasteiger partial charge in [-0.2, -0.15) is 0 Å². The number of hydrogen-bond acceptors (Lipinski definition) is 8. The van der Waals surface area contributed by atoms with Crippen LogP contribution in [0.3, 0.4) is 0 Å². The summed E-state index contributed by atoms with van der Waals surface area (Å²) in [6.45, 7) is 6.61. The molecule has 4 atom stereocenters. The molecule has 27 heavy (non-hydrogen) atoms. The van der Waals surface area contributed by atoms with E-state index in [0.29, 0.717) is 0 Å². The number of aliphatic hydroxyl groups excluding tert-OH is 1. The zero-order valence-electron chi connectivity index (χ0n) is 15.6. The van der Waals surface area contributed by atoms with E-state index in [0.717, 1.165) is 0 Å². The van der Waals surface area contributed by atoms with Crippen LogP contribution >= 0.6 is 0 Å². The van der Waals surface area contributed by atoms with Crippen LogP contribution in [-0.2, 0) is 23.7 Å². The van der Waals surface area contributed by atoms with Gasteiger partial charge in [0.2, 0.25) is 11.4 Å². The maximum absolute atomic E-state index is 12.9. The van der Waals surface area contributed by atoms with Gasteiger partial charge in [-0.05, 0) is 24.6 Å². The van der Waals surface area contributed by atoms with Crippen molar-refractivity contribution in [1.29, 1.82) is 0 Å². The zero-order valence-corrected chi connectivity index (χ0v) is 15.6. The molecule has 0 saturated carbocycles. The van der Waals surface area contributed by atoms with E-state index < -0.39 is 34.2 Å². The summed E-state index contributed by atoms with van der Waals surface area (Å²) in [6.07, 6.45) is -0.191. The molecular weight excluding hydrogens is 358 g/mol. The van der Waals surface area contributed by atoms with E-state index >= 15 is 0 Å². The summed E-state index contributed by atoms with van der Waals surface area (Å²) in [5.74, 6) is -3.97. The van der Waals surface area contributed by atoms with Crippen molar-refractivity contribution in [1.82, 2.24) is 0 Å². The van der Waals surface area contributed by atoms with Crippen molar-refractivity contribution in [2.45, 2.75) is 43.5 Å². The Kier molecular flexibility index (Phi) is 5.71. The number of carbonyl (C=O) groups is 1. The Hall–Kier alpha value is -2.33. The number of ether oxygens (including phenoxy) is 4. The Morgan fingerprint density at radius 2 is 1.81 bits per heavy atom. The molecule has 1 heterocycles. The van der Waals surface area contributed by atoms with E-state index in [1.807, 2.05) is 0 Å². The van der Waals surface area contributed by atoms with E-state index in [1.54, 1.807) is 0 Å². The van der Waals surface area contributed by atoms with Crippen LogP contribution in [0.15, 0.2) is 36.9 Å². The first-order chi connectivity index (χ1) is 12.6. The minimum Gasteiger partial charge on any atom is -0.425 e. The normalized spacial score (nSPS) is 31.8. The monoisotopic (exact) mass is 381 g/mol. The molecule has 0 unspecified atom stereocenters. The number of benzene rings is 1. The second kappa shape index (κ2) is 7.35. The summed E-state index contributed by atoms with van der Waals surface area (Å²) < 4.78 is 22.2. The largest absolute Gasteiger partial charge is 0.425 e. The average Bonchev–Trinajstić information content (AvgIpc) is 2.65. The van der Waals surface area contributed by atoms with Gasteiger partial charge >= 0.3 is 5.97 Å². The number of hydrogen-bond donors (Lipinski definition) is 1. The number of carbonyl (C=O) groups excluding carboxylic acids is 1. The molecule has 148 valence electrons. The van der Waals surface area contributed by atoms with Crippen LogP contribution in [0.1, 0.15) is 31.9 Å². The second-order valence-corrected chi connectivity index (χ2v) is 6.42. The quantitative estimate of drug-likeness (QED) is 0.331. The third-order valence-electron chi connectivity index (χ3n) is 4.92. The number of nitrogens with zero attached hydrogens (tertiary/aromatic N) is 1. The standard InChI is InChI=1S/C18H23NO8/c1-6-11-18(14(20)12-7-9-13(10-8-12)19(22)23)15(21)26-16(2,24-4)17(3,25-5)27-18/h6-10,14,20H,1,11H2,2-5H3/t14-,16+,17+,18-/m0/s1. The molecule has 1 aromatic carbocycles. The number of esters is 1.